The van der Waals surface area contributed by atoms with Gasteiger partial charge in [0.1, 0.15) is 0 Å². The van der Waals surface area contributed by atoms with E-state index >= 15 is 0 Å². The van der Waals surface area contributed by atoms with E-state index in [1.807, 2.05) is 0 Å². The number of fused-ring (bicyclic) bond motifs is 1. The highest BCUT2D eigenvalue weighted by molar-refractivity contribution is 5.48. The second kappa shape index (κ2) is 4.12. The van der Waals surface area contributed by atoms with E-state index in [9.17, 15) is 5.11 Å². The Hall–Kier alpha value is -1.20. The molecular weight excluding hydrogens is 184 g/mol. The summed E-state index contributed by atoms with van der Waals surface area (Å²) in [6, 6.07) is 0. The minimum atomic E-state index is 0.630. The van der Waals surface area contributed by atoms with E-state index in [2.05, 4.69) is 19.2 Å². The van der Waals surface area contributed by atoms with Gasteiger partial charge in [-0.25, -0.2) is 0 Å². The van der Waals surface area contributed by atoms with Crippen molar-refractivity contribution in [3.8, 4) is 0 Å². The Kier molecular flexibility index (Phi) is 2.83. The highest BCUT2D eigenvalue weighted by Crippen LogP contribution is 2.40. The zero-order valence-corrected chi connectivity index (χ0v) is 9.40. The first-order valence-electron chi connectivity index (χ1n) is 5.74. The van der Waals surface area contributed by atoms with Crippen LogP contribution < -0.4 is 0 Å². The van der Waals surface area contributed by atoms with Gasteiger partial charge in [-0.2, -0.15) is 0 Å². The third kappa shape index (κ3) is 1.80. The van der Waals surface area contributed by atoms with Crippen LogP contribution in [0.25, 0.3) is 0 Å². The first kappa shape index (κ1) is 10.3. The van der Waals surface area contributed by atoms with Gasteiger partial charge < -0.3 is 5.11 Å². The molecule has 0 radical (unpaired) electrons. The lowest BCUT2D eigenvalue weighted by Crippen LogP contribution is -2.11. The predicted molar refractivity (Wildman–Crippen MR) is 62.7 cm³/mol. The minimum Gasteiger partial charge on any atom is -0.512 e. The smallest absolute Gasteiger partial charge is 0.0960 e. The maximum absolute atomic E-state index is 9.88. The van der Waals surface area contributed by atoms with Crippen LogP contribution in [-0.4, -0.2) is 5.11 Å². The lowest BCUT2D eigenvalue weighted by Gasteiger charge is -2.27. The van der Waals surface area contributed by atoms with Crippen molar-refractivity contribution < 1.29 is 5.11 Å². The maximum atomic E-state index is 9.88. The monoisotopic (exact) mass is 202 g/mol. The average Bonchev–Trinajstić information content (AvgIpc) is 2.29. The fourth-order valence-corrected chi connectivity index (χ4v) is 2.62. The predicted octanol–water partition coefficient (Wildman–Crippen LogP) is 4.19. The summed E-state index contributed by atoms with van der Waals surface area (Å²) in [5, 5.41) is 9.88. The summed E-state index contributed by atoms with van der Waals surface area (Å²) >= 11 is 0. The highest BCUT2D eigenvalue weighted by Gasteiger charge is 2.24. The molecule has 1 nitrogen and oxygen atoms in total. The first-order valence-corrected chi connectivity index (χ1v) is 5.74. The van der Waals surface area contributed by atoms with Crippen molar-refractivity contribution in [1.82, 2.24) is 0 Å². The van der Waals surface area contributed by atoms with Gasteiger partial charge in [0.15, 0.2) is 0 Å². The molecule has 1 N–H and O–H groups in total. The molecule has 0 heterocycles. The number of aliphatic hydroxyl groups is 1. The van der Waals surface area contributed by atoms with E-state index in [1.165, 1.54) is 29.6 Å². The molecule has 2 aliphatic carbocycles. The minimum absolute atomic E-state index is 0.630. The Morgan fingerprint density at radius 2 is 1.80 bits per heavy atom. The third-order valence-electron chi connectivity index (χ3n) is 3.51. The van der Waals surface area contributed by atoms with Crippen LogP contribution in [-0.2, 0) is 0 Å². The van der Waals surface area contributed by atoms with Gasteiger partial charge in [0.2, 0.25) is 0 Å². The van der Waals surface area contributed by atoms with Crippen molar-refractivity contribution in [3.63, 3.8) is 0 Å². The Labute approximate surface area is 91.5 Å². The summed E-state index contributed by atoms with van der Waals surface area (Å²) in [6.45, 7) is 5.79. The van der Waals surface area contributed by atoms with Gasteiger partial charge in [0.25, 0.3) is 0 Å². The number of allylic oxidation sites excluding steroid dienone is 5. The van der Waals surface area contributed by atoms with Crippen LogP contribution in [0.1, 0.15) is 45.4 Å². The van der Waals surface area contributed by atoms with Crippen LogP contribution in [0.15, 0.2) is 40.4 Å². The van der Waals surface area contributed by atoms with Crippen molar-refractivity contribution in [2.24, 2.45) is 0 Å². The van der Waals surface area contributed by atoms with Gasteiger partial charge in [-0.05, 0) is 61.3 Å². The number of rotatable bonds is 1. The molecule has 1 heteroatoms. The molecule has 2 rings (SSSR count). The maximum Gasteiger partial charge on any atom is 0.0960 e. The van der Waals surface area contributed by atoms with Gasteiger partial charge in [-0.3, -0.25) is 0 Å². The lowest BCUT2D eigenvalue weighted by atomic mass is 9.78. The van der Waals surface area contributed by atoms with E-state index in [1.54, 1.807) is 0 Å². The molecule has 0 aromatic heterocycles. The molecule has 80 valence electrons. The second-order valence-corrected chi connectivity index (χ2v) is 4.39. The Bertz CT molecular complexity index is 390. The molecule has 0 aromatic carbocycles. The van der Waals surface area contributed by atoms with Crippen LogP contribution in [0.4, 0.5) is 0 Å². The van der Waals surface area contributed by atoms with E-state index in [0.29, 0.717) is 5.76 Å². The standard InChI is InChI=1S/C14H18O/c1-3-10(2)11-8-9-14(15)13-7-5-4-6-12(11)13/h15H,1,4-9H2,2H3. The molecule has 0 spiro atoms. The average molecular weight is 202 g/mol. The SMILES string of the molecule is C=C=C(C)C1=C2CCCCC2=C(O)CC1. The zero-order chi connectivity index (χ0) is 10.8. The van der Waals surface area contributed by atoms with Gasteiger partial charge in [-0.15, -0.1) is 5.73 Å². The van der Waals surface area contributed by atoms with Gasteiger partial charge in [0.05, 0.1) is 5.76 Å². The molecule has 0 atom stereocenters. The van der Waals surface area contributed by atoms with Gasteiger partial charge in [-0.1, -0.05) is 6.58 Å². The van der Waals surface area contributed by atoms with Crippen molar-refractivity contribution in [3.05, 3.63) is 40.4 Å². The molecule has 15 heavy (non-hydrogen) atoms. The summed E-state index contributed by atoms with van der Waals surface area (Å²) in [6.07, 6.45) is 6.39. The van der Waals surface area contributed by atoms with Crippen molar-refractivity contribution >= 4 is 0 Å². The highest BCUT2D eigenvalue weighted by atomic mass is 16.3. The molecule has 1 saturated carbocycles. The largest absolute Gasteiger partial charge is 0.512 e. The van der Waals surface area contributed by atoms with E-state index < -0.39 is 0 Å². The normalized spacial score (nSPS) is 21.1. The van der Waals surface area contributed by atoms with Crippen LogP contribution >= 0.6 is 0 Å². The fourth-order valence-electron chi connectivity index (χ4n) is 2.62. The van der Waals surface area contributed by atoms with E-state index in [-0.39, 0.29) is 0 Å². The van der Waals surface area contributed by atoms with Crippen molar-refractivity contribution in [2.45, 2.75) is 45.4 Å². The molecule has 0 amide bonds. The van der Waals surface area contributed by atoms with Crippen LogP contribution in [0.2, 0.25) is 0 Å². The van der Waals surface area contributed by atoms with Gasteiger partial charge >= 0.3 is 0 Å². The first-order chi connectivity index (χ1) is 7.24. The molecule has 0 saturated heterocycles. The van der Waals surface area contributed by atoms with Gasteiger partial charge in [0, 0.05) is 6.42 Å². The second-order valence-electron chi connectivity index (χ2n) is 4.39. The zero-order valence-electron chi connectivity index (χ0n) is 9.40. The molecule has 1 fully saturated rings. The summed E-state index contributed by atoms with van der Waals surface area (Å²) in [4.78, 5) is 0. The fraction of sp³-hybridized carbons (Fsp3) is 0.500. The third-order valence-corrected chi connectivity index (χ3v) is 3.51. The van der Waals surface area contributed by atoms with Crippen molar-refractivity contribution in [1.29, 1.82) is 0 Å². The number of hydrogen-bond acceptors (Lipinski definition) is 1. The topological polar surface area (TPSA) is 20.2 Å². The van der Waals surface area contributed by atoms with Crippen LogP contribution in [0.5, 0.6) is 0 Å². The van der Waals surface area contributed by atoms with Crippen LogP contribution in [0, 0.1) is 0 Å². The molecule has 0 unspecified atom stereocenters. The lowest BCUT2D eigenvalue weighted by molar-refractivity contribution is 0.370. The Balaban J connectivity index is 2.48. The quantitative estimate of drug-likeness (QED) is 0.632. The van der Waals surface area contributed by atoms with E-state index in [0.717, 1.165) is 31.3 Å². The summed E-state index contributed by atoms with van der Waals surface area (Å²) in [7, 11) is 0. The number of hydrogen-bond donors (Lipinski definition) is 1. The number of aliphatic hydroxyl groups excluding tert-OH is 1. The summed E-state index contributed by atoms with van der Waals surface area (Å²) in [5.74, 6) is 0.630. The Morgan fingerprint density at radius 3 is 2.47 bits per heavy atom. The van der Waals surface area contributed by atoms with Crippen LogP contribution in [0.3, 0.4) is 0 Å². The molecule has 2 aliphatic rings. The Morgan fingerprint density at radius 1 is 1.13 bits per heavy atom. The molecule has 0 aliphatic heterocycles. The summed E-state index contributed by atoms with van der Waals surface area (Å²) in [5.41, 5.74) is 8.14. The summed E-state index contributed by atoms with van der Waals surface area (Å²) < 4.78 is 0. The van der Waals surface area contributed by atoms with E-state index in [4.69, 9.17) is 0 Å². The molecule has 0 aromatic rings. The molecule has 0 bridgehead atoms. The van der Waals surface area contributed by atoms with Crippen molar-refractivity contribution in [2.75, 3.05) is 0 Å². The molecular formula is C14H18O.